The van der Waals surface area contributed by atoms with E-state index in [0.717, 1.165) is 33.0 Å². The van der Waals surface area contributed by atoms with E-state index in [1.54, 1.807) is 18.4 Å². The summed E-state index contributed by atoms with van der Waals surface area (Å²) in [5, 5.41) is 3.08. The van der Waals surface area contributed by atoms with Crippen LogP contribution >= 0.6 is 23.6 Å². The van der Waals surface area contributed by atoms with Crippen LogP contribution in [0.15, 0.2) is 29.8 Å². The molecular formula is C14H15N3OS2. The summed E-state index contributed by atoms with van der Waals surface area (Å²) >= 11 is 7.15. The molecule has 0 aliphatic rings. The molecule has 3 rings (SSSR count). The number of hydrogen-bond donors (Lipinski definition) is 1. The molecule has 2 heterocycles. The van der Waals surface area contributed by atoms with Crippen molar-refractivity contribution >= 4 is 34.6 Å². The summed E-state index contributed by atoms with van der Waals surface area (Å²) < 4.78 is 8.12. The Morgan fingerprint density at radius 3 is 3.00 bits per heavy atom. The molecule has 0 saturated heterocycles. The van der Waals surface area contributed by atoms with Crippen LogP contribution in [0.4, 0.5) is 0 Å². The Morgan fingerprint density at radius 1 is 1.50 bits per heavy atom. The number of hydrogen-bond acceptors (Lipinski definition) is 4. The van der Waals surface area contributed by atoms with Gasteiger partial charge in [-0.2, -0.15) is 0 Å². The lowest BCUT2D eigenvalue weighted by Gasteiger charge is -2.15. The lowest BCUT2D eigenvalue weighted by Crippen LogP contribution is -2.09. The van der Waals surface area contributed by atoms with Crippen LogP contribution in [0.1, 0.15) is 24.4 Å². The van der Waals surface area contributed by atoms with Crippen LogP contribution in [-0.4, -0.2) is 21.6 Å². The molecular weight excluding hydrogens is 290 g/mol. The molecule has 0 bridgehead atoms. The first-order valence-electron chi connectivity index (χ1n) is 6.42. The zero-order chi connectivity index (χ0) is 14.1. The molecule has 104 valence electrons. The van der Waals surface area contributed by atoms with Gasteiger partial charge in [-0.05, 0) is 30.8 Å². The largest absolute Gasteiger partial charge is 0.497 e. The highest BCUT2D eigenvalue weighted by atomic mass is 32.1. The molecule has 20 heavy (non-hydrogen) atoms. The second kappa shape index (κ2) is 5.38. The highest BCUT2D eigenvalue weighted by Gasteiger charge is 2.18. The van der Waals surface area contributed by atoms with Gasteiger partial charge in [0.05, 0.1) is 24.2 Å². The zero-order valence-electron chi connectivity index (χ0n) is 11.3. The summed E-state index contributed by atoms with van der Waals surface area (Å²) in [5.41, 5.74) is 2.07. The number of nitrogens with one attached hydrogen (secondary N) is 1. The normalized spacial score (nSPS) is 12.7. The Hall–Kier alpha value is -1.66. The Labute approximate surface area is 126 Å². The van der Waals surface area contributed by atoms with E-state index in [2.05, 4.69) is 21.5 Å². The summed E-state index contributed by atoms with van der Waals surface area (Å²) in [6.45, 7) is 2.15. The number of aromatic amines is 1. The number of aromatic nitrogens is 3. The van der Waals surface area contributed by atoms with E-state index in [4.69, 9.17) is 17.0 Å². The molecule has 1 N–H and O–H groups in total. The van der Waals surface area contributed by atoms with E-state index in [9.17, 15) is 0 Å². The van der Waals surface area contributed by atoms with Gasteiger partial charge in [-0.25, -0.2) is 4.98 Å². The van der Waals surface area contributed by atoms with Crippen LogP contribution in [0.5, 0.6) is 5.75 Å². The summed E-state index contributed by atoms with van der Waals surface area (Å²) in [5.74, 6) is 0.822. The Bertz CT molecular complexity index is 773. The van der Waals surface area contributed by atoms with Crippen molar-refractivity contribution in [2.24, 2.45) is 0 Å². The van der Waals surface area contributed by atoms with E-state index < -0.39 is 0 Å². The number of thiazole rings is 1. The maximum atomic E-state index is 5.49. The fourth-order valence-corrected chi connectivity index (χ4v) is 3.56. The molecule has 0 aliphatic carbocycles. The lowest BCUT2D eigenvalue weighted by molar-refractivity contribution is 0.415. The smallest absolute Gasteiger partial charge is 0.178 e. The van der Waals surface area contributed by atoms with Gasteiger partial charge in [0.2, 0.25) is 0 Å². The number of H-pyrrole nitrogens is 1. The first-order valence-corrected chi connectivity index (χ1v) is 7.71. The molecule has 1 aromatic carbocycles. The lowest BCUT2D eigenvalue weighted by atomic mass is 10.2. The molecule has 3 aromatic rings. The minimum absolute atomic E-state index is 0.171. The van der Waals surface area contributed by atoms with Crippen LogP contribution in [0, 0.1) is 4.77 Å². The molecule has 4 nitrogen and oxygen atoms in total. The SMILES string of the molecule is CCC(c1nccs1)n1c(=S)[nH]c2cc(OC)ccc21. The van der Waals surface area contributed by atoms with Gasteiger partial charge < -0.3 is 14.3 Å². The Morgan fingerprint density at radius 2 is 2.35 bits per heavy atom. The summed E-state index contributed by atoms with van der Waals surface area (Å²) in [6.07, 6.45) is 2.78. The summed E-state index contributed by atoms with van der Waals surface area (Å²) in [7, 11) is 1.66. The van der Waals surface area contributed by atoms with Gasteiger partial charge in [-0.1, -0.05) is 6.92 Å². The first kappa shape index (κ1) is 13.3. The Balaban J connectivity index is 2.20. The molecule has 2 aromatic heterocycles. The molecule has 6 heteroatoms. The first-order chi connectivity index (χ1) is 9.74. The van der Waals surface area contributed by atoms with Crippen molar-refractivity contribution in [3.05, 3.63) is 39.6 Å². The van der Waals surface area contributed by atoms with Crippen LogP contribution in [0.25, 0.3) is 11.0 Å². The van der Waals surface area contributed by atoms with E-state index >= 15 is 0 Å². The average molecular weight is 305 g/mol. The molecule has 0 aliphatic heterocycles. The van der Waals surface area contributed by atoms with Crippen molar-refractivity contribution in [2.45, 2.75) is 19.4 Å². The van der Waals surface area contributed by atoms with Crippen molar-refractivity contribution in [3.63, 3.8) is 0 Å². The maximum absolute atomic E-state index is 5.49. The predicted octanol–water partition coefficient (Wildman–Crippen LogP) is 4.16. The van der Waals surface area contributed by atoms with Gasteiger partial charge in [-0.3, -0.25) is 0 Å². The highest BCUT2D eigenvalue weighted by molar-refractivity contribution is 7.71. The van der Waals surface area contributed by atoms with Crippen molar-refractivity contribution in [2.75, 3.05) is 7.11 Å². The second-order valence-corrected chi connectivity index (χ2v) is 5.79. The third-order valence-electron chi connectivity index (χ3n) is 3.36. The van der Waals surface area contributed by atoms with Gasteiger partial charge >= 0.3 is 0 Å². The van der Waals surface area contributed by atoms with E-state index in [1.165, 1.54) is 0 Å². The van der Waals surface area contributed by atoms with Crippen molar-refractivity contribution < 1.29 is 4.74 Å². The second-order valence-electron chi connectivity index (χ2n) is 4.48. The fourth-order valence-electron chi connectivity index (χ4n) is 2.41. The quantitative estimate of drug-likeness (QED) is 0.736. The Kier molecular flexibility index (Phi) is 3.58. The number of rotatable bonds is 4. The number of ether oxygens (including phenoxy) is 1. The number of methoxy groups -OCH3 is 1. The average Bonchev–Trinajstić information content (AvgIpc) is 3.08. The van der Waals surface area contributed by atoms with E-state index in [0.29, 0.717) is 0 Å². The molecule has 0 spiro atoms. The minimum Gasteiger partial charge on any atom is -0.497 e. The van der Waals surface area contributed by atoms with Crippen LogP contribution in [-0.2, 0) is 0 Å². The number of benzene rings is 1. The molecule has 0 radical (unpaired) electrons. The summed E-state index contributed by atoms with van der Waals surface area (Å²) in [4.78, 5) is 7.69. The predicted molar refractivity (Wildman–Crippen MR) is 84.2 cm³/mol. The van der Waals surface area contributed by atoms with Crippen LogP contribution in [0.3, 0.4) is 0 Å². The van der Waals surface area contributed by atoms with Crippen molar-refractivity contribution in [1.29, 1.82) is 0 Å². The highest BCUT2D eigenvalue weighted by Crippen LogP contribution is 2.29. The minimum atomic E-state index is 0.171. The third kappa shape index (κ3) is 2.14. The zero-order valence-corrected chi connectivity index (χ0v) is 12.9. The van der Waals surface area contributed by atoms with Crippen LogP contribution in [0.2, 0.25) is 0 Å². The van der Waals surface area contributed by atoms with Gasteiger partial charge in [0, 0.05) is 17.6 Å². The van der Waals surface area contributed by atoms with Gasteiger partial charge in [0.25, 0.3) is 0 Å². The van der Waals surface area contributed by atoms with Crippen molar-refractivity contribution in [1.82, 2.24) is 14.5 Å². The fraction of sp³-hybridized carbons (Fsp3) is 0.286. The molecule has 1 unspecified atom stereocenters. The van der Waals surface area contributed by atoms with E-state index in [-0.39, 0.29) is 6.04 Å². The molecule has 0 fully saturated rings. The van der Waals surface area contributed by atoms with Crippen molar-refractivity contribution in [3.8, 4) is 5.75 Å². The monoisotopic (exact) mass is 305 g/mol. The molecule has 0 amide bonds. The maximum Gasteiger partial charge on any atom is 0.178 e. The van der Waals surface area contributed by atoms with E-state index in [1.807, 2.05) is 29.8 Å². The van der Waals surface area contributed by atoms with Gasteiger partial charge in [0.15, 0.2) is 4.77 Å². The topological polar surface area (TPSA) is 42.8 Å². The standard InChI is InChI=1S/C14H15N3OS2/c1-3-11(13-15-6-7-20-13)17-12-5-4-9(18-2)8-10(12)16-14(17)19/h4-8,11H,3H2,1-2H3,(H,16,19). The summed E-state index contributed by atoms with van der Waals surface area (Å²) in [6, 6.07) is 6.13. The number of imidazole rings is 1. The number of fused-ring (bicyclic) bond motifs is 1. The third-order valence-corrected chi connectivity index (χ3v) is 4.53. The molecule has 1 atom stereocenters. The molecule has 0 saturated carbocycles. The van der Waals surface area contributed by atoms with Gasteiger partial charge in [-0.15, -0.1) is 11.3 Å². The number of nitrogens with zero attached hydrogens (tertiary/aromatic N) is 2. The van der Waals surface area contributed by atoms with Gasteiger partial charge in [0.1, 0.15) is 10.8 Å². The van der Waals surface area contributed by atoms with Crippen LogP contribution < -0.4 is 4.74 Å².